The molecule has 1 aromatic heterocycles. The molecule has 0 N–H and O–H groups in total. The fourth-order valence-corrected chi connectivity index (χ4v) is 3.23. The van der Waals surface area contributed by atoms with Crippen molar-refractivity contribution in [1.82, 2.24) is 9.99 Å². The largest absolute Gasteiger partial charge is 0.256 e. The van der Waals surface area contributed by atoms with Gasteiger partial charge in [0.2, 0.25) is 0 Å². The molecule has 0 saturated carbocycles. The molecule has 2 aliphatic heterocycles. The van der Waals surface area contributed by atoms with Crippen LogP contribution in [0.1, 0.15) is 11.3 Å². The van der Waals surface area contributed by atoms with Crippen molar-refractivity contribution in [2.75, 3.05) is 5.01 Å². The maximum absolute atomic E-state index is 4.87. The second kappa shape index (κ2) is 5.10. The number of anilines is 1. The van der Waals surface area contributed by atoms with E-state index in [-0.39, 0.29) is 0 Å². The summed E-state index contributed by atoms with van der Waals surface area (Å²) in [7, 11) is 0. The highest BCUT2D eigenvalue weighted by Crippen LogP contribution is 2.37. The van der Waals surface area contributed by atoms with E-state index in [0.29, 0.717) is 0 Å². The molecule has 0 bridgehead atoms. The maximum Gasteiger partial charge on any atom is 0.0894 e. The van der Waals surface area contributed by atoms with Crippen LogP contribution in [-0.4, -0.2) is 9.99 Å². The normalized spacial score (nSPS) is 15.2. The van der Waals surface area contributed by atoms with Crippen molar-refractivity contribution in [3.63, 3.8) is 0 Å². The molecule has 3 heterocycles. The third kappa shape index (κ3) is 1.95. The second-order valence-electron chi connectivity index (χ2n) is 5.85. The zero-order valence-electron chi connectivity index (χ0n) is 13.0. The number of allylic oxidation sites excluding steroid dienone is 2. The lowest BCUT2D eigenvalue weighted by molar-refractivity contribution is 0.527. The number of hydrazine groups is 1. The number of rotatable bonds is 1. The van der Waals surface area contributed by atoms with Crippen LogP contribution >= 0.6 is 0 Å². The Morgan fingerprint density at radius 2 is 1.50 bits per heavy atom. The monoisotopic (exact) mass is 309 g/mol. The van der Waals surface area contributed by atoms with Crippen molar-refractivity contribution in [3.8, 4) is 0 Å². The average molecular weight is 309 g/mol. The zero-order valence-corrected chi connectivity index (χ0v) is 13.0. The highest BCUT2D eigenvalue weighted by atomic mass is 15.6. The van der Waals surface area contributed by atoms with Gasteiger partial charge < -0.3 is 0 Å². The van der Waals surface area contributed by atoms with Crippen LogP contribution in [0.15, 0.2) is 85.2 Å². The van der Waals surface area contributed by atoms with Crippen molar-refractivity contribution in [2.45, 2.75) is 0 Å². The van der Waals surface area contributed by atoms with E-state index in [1.807, 2.05) is 24.3 Å². The van der Waals surface area contributed by atoms with E-state index in [4.69, 9.17) is 4.98 Å². The van der Waals surface area contributed by atoms with Crippen LogP contribution in [0.4, 0.5) is 5.69 Å². The van der Waals surface area contributed by atoms with Crippen LogP contribution < -0.4 is 5.01 Å². The standard InChI is InChI=1S/C21H15N3/c1-3-9-18-16(7-1)11-12-19(22-18)21-15-17-8-2-4-10-20(17)23-13-5-6-14-24(21)23/h1-15H. The van der Waals surface area contributed by atoms with E-state index < -0.39 is 0 Å². The Balaban J connectivity index is 1.72. The molecule has 3 nitrogen and oxygen atoms in total. The Labute approximate surface area is 140 Å². The Morgan fingerprint density at radius 3 is 2.46 bits per heavy atom. The minimum absolute atomic E-state index is 0.966. The van der Waals surface area contributed by atoms with E-state index in [2.05, 4.69) is 77.0 Å². The Morgan fingerprint density at radius 1 is 0.708 bits per heavy atom. The van der Waals surface area contributed by atoms with Gasteiger partial charge >= 0.3 is 0 Å². The van der Waals surface area contributed by atoms with Crippen molar-refractivity contribution in [3.05, 3.63) is 96.5 Å². The lowest BCUT2D eigenvalue weighted by atomic mass is 10.1. The first-order chi connectivity index (χ1) is 11.9. The summed E-state index contributed by atoms with van der Waals surface area (Å²) < 4.78 is 0. The summed E-state index contributed by atoms with van der Waals surface area (Å²) >= 11 is 0. The summed E-state index contributed by atoms with van der Waals surface area (Å²) in [5.41, 5.74) is 5.41. The van der Waals surface area contributed by atoms with Crippen LogP contribution in [0.25, 0.3) is 22.7 Å². The van der Waals surface area contributed by atoms with Crippen molar-refractivity contribution in [1.29, 1.82) is 0 Å². The van der Waals surface area contributed by atoms with Crippen LogP contribution in [0.3, 0.4) is 0 Å². The fraction of sp³-hybridized carbons (Fsp3) is 0. The van der Waals surface area contributed by atoms with Gasteiger partial charge in [0.15, 0.2) is 0 Å². The molecule has 24 heavy (non-hydrogen) atoms. The molecule has 0 amide bonds. The zero-order chi connectivity index (χ0) is 15.9. The summed E-state index contributed by atoms with van der Waals surface area (Å²) in [5, 5.41) is 5.45. The van der Waals surface area contributed by atoms with E-state index in [0.717, 1.165) is 22.3 Å². The first kappa shape index (κ1) is 13.1. The summed E-state index contributed by atoms with van der Waals surface area (Å²) in [6.45, 7) is 0. The third-order valence-electron chi connectivity index (χ3n) is 4.38. The number of hydrogen-bond donors (Lipinski definition) is 0. The number of aromatic nitrogens is 1. The van der Waals surface area contributed by atoms with Crippen LogP contribution in [0, 0.1) is 0 Å². The van der Waals surface area contributed by atoms with Crippen LogP contribution in [0.2, 0.25) is 0 Å². The lowest BCUT2D eigenvalue weighted by Crippen LogP contribution is -2.37. The van der Waals surface area contributed by atoms with Gasteiger partial charge in [0.05, 0.1) is 22.6 Å². The minimum atomic E-state index is 0.966. The van der Waals surface area contributed by atoms with E-state index in [9.17, 15) is 0 Å². The quantitative estimate of drug-likeness (QED) is 0.643. The minimum Gasteiger partial charge on any atom is -0.256 e. The summed E-state index contributed by atoms with van der Waals surface area (Å²) in [4.78, 5) is 4.87. The number of fused-ring (bicyclic) bond motifs is 4. The topological polar surface area (TPSA) is 19.4 Å². The first-order valence-electron chi connectivity index (χ1n) is 8.00. The van der Waals surface area contributed by atoms with Gasteiger partial charge in [-0.1, -0.05) is 42.5 Å². The van der Waals surface area contributed by atoms with Gasteiger partial charge in [0.1, 0.15) is 0 Å². The Kier molecular flexibility index (Phi) is 2.79. The first-order valence-corrected chi connectivity index (χ1v) is 8.00. The fourth-order valence-electron chi connectivity index (χ4n) is 3.23. The summed E-state index contributed by atoms with van der Waals surface area (Å²) in [6.07, 6.45) is 10.4. The molecule has 0 radical (unpaired) electrons. The molecule has 5 rings (SSSR count). The van der Waals surface area contributed by atoms with E-state index >= 15 is 0 Å². The molecule has 2 aliphatic rings. The summed E-state index contributed by atoms with van der Waals surface area (Å²) in [6, 6.07) is 20.8. The van der Waals surface area contributed by atoms with Crippen molar-refractivity contribution < 1.29 is 0 Å². The maximum atomic E-state index is 4.87. The number of pyridine rings is 1. The van der Waals surface area contributed by atoms with Gasteiger partial charge in [-0.2, -0.15) is 0 Å². The smallest absolute Gasteiger partial charge is 0.0894 e. The number of benzene rings is 2. The number of nitrogens with zero attached hydrogens (tertiary/aromatic N) is 3. The lowest BCUT2D eigenvalue weighted by Gasteiger charge is -2.39. The molecule has 114 valence electrons. The molecular weight excluding hydrogens is 294 g/mol. The van der Waals surface area contributed by atoms with Gasteiger partial charge in [-0.25, -0.2) is 4.98 Å². The molecule has 0 atom stereocenters. The predicted molar refractivity (Wildman–Crippen MR) is 98.7 cm³/mol. The number of hydrogen-bond acceptors (Lipinski definition) is 3. The van der Waals surface area contributed by atoms with Gasteiger partial charge in [-0.05, 0) is 36.4 Å². The molecule has 2 aromatic carbocycles. The van der Waals surface area contributed by atoms with Gasteiger partial charge in [0, 0.05) is 23.3 Å². The molecule has 0 saturated heterocycles. The molecule has 0 spiro atoms. The highest BCUT2D eigenvalue weighted by Gasteiger charge is 2.25. The summed E-state index contributed by atoms with van der Waals surface area (Å²) in [5.74, 6) is 0. The van der Waals surface area contributed by atoms with E-state index in [1.165, 1.54) is 11.3 Å². The molecule has 0 unspecified atom stereocenters. The van der Waals surface area contributed by atoms with Crippen LogP contribution in [-0.2, 0) is 0 Å². The molecule has 3 aromatic rings. The molecule has 0 fully saturated rings. The molecule has 0 aliphatic carbocycles. The molecule has 3 heteroatoms. The van der Waals surface area contributed by atoms with Crippen molar-refractivity contribution in [2.24, 2.45) is 0 Å². The van der Waals surface area contributed by atoms with Crippen LogP contribution in [0.5, 0.6) is 0 Å². The van der Waals surface area contributed by atoms with E-state index in [1.54, 1.807) is 0 Å². The number of para-hydroxylation sites is 2. The average Bonchev–Trinajstić information content (AvgIpc) is 2.67. The van der Waals surface area contributed by atoms with Gasteiger partial charge in [-0.3, -0.25) is 10.0 Å². The van der Waals surface area contributed by atoms with Gasteiger partial charge in [0.25, 0.3) is 0 Å². The highest BCUT2D eigenvalue weighted by molar-refractivity contribution is 5.90. The SMILES string of the molecule is C1=CN2C(c3ccc4ccccc4n3)=Cc3ccccc3N2C=C1. The van der Waals surface area contributed by atoms with Crippen molar-refractivity contribution >= 4 is 28.4 Å². The predicted octanol–water partition coefficient (Wildman–Crippen LogP) is 4.81. The Hall–Kier alpha value is -3.33. The Bertz CT molecular complexity index is 1030. The molecular formula is C21H15N3. The van der Waals surface area contributed by atoms with Gasteiger partial charge in [-0.15, -0.1) is 0 Å². The second-order valence-corrected chi connectivity index (χ2v) is 5.85. The third-order valence-corrected chi connectivity index (χ3v) is 4.38.